The zero-order chi connectivity index (χ0) is 21.1. The first-order valence-corrected chi connectivity index (χ1v) is 9.26. The molecule has 6 heteroatoms. The van der Waals surface area contributed by atoms with Crippen LogP contribution in [0.25, 0.3) is 0 Å². The summed E-state index contributed by atoms with van der Waals surface area (Å²) >= 11 is 0. The second-order valence-electron chi connectivity index (χ2n) is 8.95. The van der Waals surface area contributed by atoms with E-state index in [-0.39, 0.29) is 40.6 Å². The van der Waals surface area contributed by atoms with Gasteiger partial charge >= 0.3 is 0 Å². The van der Waals surface area contributed by atoms with Gasteiger partial charge in [-0.25, -0.2) is 0 Å². The van der Waals surface area contributed by atoms with Crippen LogP contribution in [0.1, 0.15) is 63.2 Å². The van der Waals surface area contributed by atoms with Gasteiger partial charge in [-0.05, 0) is 49.9 Å². The minimum absolute atomic E-state index is 0.0294. The molecule has 0 saturated heterocycles. The zero-order valence-electron chi connectivity index (χ0n) is 17.4. The number of amides is 2. The van der Waals surface area contributed by atoms with E-state index in [4.69, 9.17) is 0 Å². The van der Waals surface area contributed by atoms with Gasteiger partial charge in [0.2, 0.25) is 5.91 Å². The van der Waals surface area contributed by atoms with E-state index in [9.17, 15) is 14.7 Å². The van der Waals surface area contributed by atoms with Crippen LogP contribution in [0.2, 0.25) is 0 Å². The van der Waals surface area contributed by atoms with Crippen molar-refractivity contribution in [3.05, 3.63) is 53.3 Å². The summed E-state index contributed by atoms with van der Waals surface area (Å²) < 4.78 is 0. The number of benzene rings is 1. The standard InChI is InChI=1S/C22H29N3O3/c1-21(2,3)15-7-8-18(26)14(11-15)12-19(27)24-16-9-10-23-17(13-16)20(28)25-22(4,5)6/h7-11,13,26H,12H2,1-6H3,(H,25,28)(H,23,24,27). The van der Waals surface area contributed by atoms with Crippen LogP contribution in [0.15, 0.2) is 36.5 Å². The average Bonchev–Trinajstić information content (AvgIpc) is 2.54. The molecule has 0 saturated carbocycles. The maximum absolute atomic E-state index is 12.5. The number of carbonyl (C=O) groups is 2. The van der Waals surface area contributed by atoms with Crippen molar-refractivity contribution < 1.29 is 14.7 Å². The highest BCUT2D eigenvalue weighted by atomic mass is 16.3. The lowest BCUT2D eigenvalue weighted by molar-refractivity contribution is -0.115. The molecule has 2 amide bonds. The largest absolute Gasteiger partial charge is 0.508 e. The molecule has 0 radical (unpaired) electrons. The molecule has 3 N–H and O–H groups in total. The zero-order valence-corrected chi connectivity index (χ0v) is 17.4. The molecule has 2 rings (SSSR count). The SMILES string of the molecule is CC(C)(C)NC(=O)c1cc(NC(=O)Cc2cc(C(C)(C)C)ccc2O)ccn1. The lowest BCUT2D eigenvalue weighted by atomic mass is 9.85. The fourth-order valence-electron chi connectivity index (χ4n) is 2.61. The minimum Gasteiger partial charge on any atom is -0.508 e. The number of aromatic hydroxyl groups is 1. The normalized spacial score (nSPS) is 11.8. The molecule has 2 aromatic rings. The van der Waals surface area contributed by atoms with Gasteiger partial charge in [-0.1, -0.05) is 32.9 Å². The Hall–Kier alpha value is -2.89. The molecular weight excluding hydrogens is 354 g/mol. The highest BCUT2D eigenvalue weighted by molar-refractivity contribution is 5.96. The fraction of sp³-hybridized carbons (Fsp3) is 0.409. The van der Waals surface area contributed by atoms with Crippen LogP contribution in [-0.2, 0) is 16.6 Å². The fourth-order valence-corrected chi connectivity index (χ4v) is 2.61. The number of nitrogens with zero attached hydrogens (tertiary/aromatic N) is 1. The molecular formula is C22H29N3O3. The number of phenolic OH excluding ortho intramolecular Hbond substituents is 1. The quantitative estimate of drug-likeness (QED) is 0.749. The lowest BCUT2D eigenvalue weighted by Gasteiger charge is -2.20. The molecule has 6 nitrogen and oxygen atoms in total. The van der Waals surface area contributed by atoms with Gasteiger partial charge in [-0.2, -0.15) is 0 Å². The number of pyridine rings is 1. The Balaban J connectivity index is 2.12. The van der Waals surface area contributed by atoms with E-state index in [2.05, 4.69) is 36.4 Å². The van der Waals surface area contributed by atoms with Crippen molar-refractivity contribution in [1.82, 2.24) is 10.3 Å². The molecule has 0 bridgehead atoms. The molecule has 1 aromatic carbocycles. The summed E-state index contributed by atoms with van der Waals surface area (Å²) in [6, 6.07) is 8.48. The number of hydrogen-bond acceptors (Lipinski definition) is 4. The topological polar surface area (TPSA) is 91.3 Å². The van der Waals surface area contributed by atoms with Gasteiger partial charge in [0.25, 0.3) is 5.91 Å². The lowest BCUT2D eigenvalue weighted by Crippen LogP contribution is -2.40. The Morgan fingerprint density at radius 2 is 1.71 bits per heavy atom. The van der Waals surface area contributed by atoms with E-state index in [1.807, 2.05) is 32.9 Å². The number of anilines is 1. The van der Waals surface area contributed by atoms with E-state index in [0.29, 0.717) is 11.3 Å². The van der Waals surface area contributed by atoms with Crippen LogP contribution in [0.4, 0.5) is 5.69 Å². The Bertz CT molecular complexity index is 877. The molecule has 0 spiro atoms. The van der Waals surface area contributed by atoms with Gasteiger partial charge in [0.1, 0.15) is 11.4 Å². The maximum Gasteiger partial charge on any atom is 0.270 e. The smallest absolute Gasteiger partial charge is 0.270 e. The van der Waals surface area contributed by atoms with Crippen LogP contribution in [-0.4, -0.2) is 27.4 Å². The number of phenols is 1. The molecule has 0 aliphatic carbocycles. The monoisotopic (exact) mass is 383 g/mol. The molecule has 1 aromatic heterocycles. The minimum atomic E-state index is -0.381. The van der Waals surface area contributed by atoms with Crippen molar-refractivity contribution >= 4 is 17.5 Å². The summed E-state index contributed by atoms with van der Waals surface area (Å²) in [7, 11) is 0. The molecule has 0 unspecified atom stereocenters. The summed E-state index contributed by atoms with van der Waals surface area (Å²) in [4.78, 5) is 28.8. The van der Waals surface area contributed by atoms with E-state index < -0.39 is 0 Å². The number of carbonyl (C=O) groups excluding carboxylic acids is 2. The third-order valence-corrected chi connectivity index (χ3v) is 4.06. The molecule has 0 fully saturated rings. The third-order valence-electron chi connectivity index (χ3n) is 4.06. The number of rotatable bonds is 4. The molecule has 0 atom stereocenters. The second kappa shape index (κ2) is 8.00. The van der Waals surface area contributed by atoms with E-state index in [1.165, 1.54) is 12.3 Å². The average molecular weight is 383 g/mol. The second-order valence-corrected chi connectivity index (χ2v) is 8.95. The summed E-state index contributed by atoms with van der Waals surface area (Å²) in [5, 5.41) is 15.7. The van der Waals surface area contributed by atoms with Crippen molar-refractivity contribution in [2.75, 3.05) is 5.32 Å². The van der Waals surface area contributed by atoms with Crippen molar-refractivity contribution in [3.8, 4) is 5.75 Å². The predicted octanol–water partition coefficient (Wildman–Crippen LogP) is 3.79. The van der Waals surface area contributed by atoms with Gasteiger partial charge in [-0.15, -0.1) is 0 Å². The predicted molar refractivity (Wildman–Crippen MR) is 111 cm³/mol. The Kier molecular flexibility index (Phi) is 6.12. The third kappa shape index (κ3) is 6.08. The summed E-state index contributed by atoms with van der Waals surface area (Å²) in [5.41, 5.74) is 1.84. The van der Waals surface area contributed by atoms with Crippen molar-refractivity contribution in [2.24, 2.45) is 0 Å². The molecule has 28 heavy (non-hydrogen) atoms. The first-order valence-electron chi connectivity index (χ1n) is 9.26. The van der Waals surface area contributed by atoms with Gasteiger partial charge in [0.05, 0.1) is 6.42 Å². The van der Waals surface area contributed by atoms with E-state index in [0.717, 1.165) is 5.56 Å². The van der Waals surface area contributed by atoms with E-state index in [1.54, 1.807) is 12.1 Å². The first kappa shape index (κ1) is 21.4. The van der Waals surface area contributed by atoms with Crippen LogP contribution in [0, 0.1) is 0 Å². The van der Waals surface area contributed by atoms with Crippen molar-refractivity contribution in [3.63, 3.8) is 0 Å². The molecule has 0 aliphatic heterocycles. The highest BCUT2D eigenvalue weighted by Gasteiger charge is 2.18. The molecule has 150 valence electrons. The van der Waals surface area contributed by atoms with Gasteiger partial charge in [0.15, 0.2) is 0 Å². The Morgan fingerprint density at radius 3 is 2.32 bits per heavy atom. The first-order chi connectivity index (χ1) is 12.8. The van der Waals surface area contributed by atoms with Crippen LogP contribution < -0.4 is 10.6 Å². The highest BCUT2D eigenvalue weighted by Crippen LogP contribution is 2.27. The van der Waals surface area contributed by atoms with Gasteiger partial charge in [0, 0.05) is 23.0 Å². The van der Waals surface area contributed by atoms with Crippen LogP contribution in [0.5, 0.6) is 5.75 Å². The Morgan fingerprint density at radius 1 is 1.04 bits per heavy atom. The van der Waals surface area contributed by atoms with Gasteiger partial charge < -0.3 is 15.7 Å². The van der Waals surface area contributed by atoms with Crippen LogP contribution in [0.3, 0.4) is 0 Å². The summed E-state index contributed by atoms with van der Waals surface area (Å²) in [5.74, 6) is -0.503. The number of aromatic nitrogens is 1. The van der Waals surface area contributed by atoms with Crippen molar-refractivity contribution in [2.45, 2.75) is 58.9 Å². The van der Waals surface area contributed by atoms with Gasteiger partial charge in [-0.3, -0.25) is 14.6 Å². The molecule has 0 aliphatic rings. The number of hydrogen-bond donors (Lipinski definition) is 3. The Labute approximate surface area is 166 Å². The van der Waals surface area contributed by atoms with Crippen LogP contribution >= 0.6 is 0 Å². The summed E-state index contributed by atoms with van der Waals surface area (Å²) in [6.45, 7) is 11.9. The summed E-state index contributed by atoms with van der Waals surface area (Å²) in [6.07, 6.45) is 1.51. The van der Waals surface area contributed by atoms with E-state index >= 15 is 0 Å². The number of nitrogens with one attached hydrogen (secondary N) is 2. The molecule has 1 heterocycles. The maximum atomic E-state index is 12.5. The van der Waals surface area contributed by atoms with Crippen molar-refractivity contribution in [1.29, 1.82) is 0 Å².